The van der Waals surface area contributed by atoms with Gasteiger partial charge in [0.1, 0.15) is 92.4 Å². The van der Waals surface area contributed by atoms with Gasteiger partial charge in [0.05, 0.1) is 92.1 Å². The van der Waals surface area contributed by atoms with E-state index in [9.17, 15) is 41.4 Å². The number of halogens is 14. The van der Waals surface area contributed by atoms with Crippen molar-refractivity contribution in [3.8, 4) is 69.0 Å². The molecule has 0 aromatic heterocycles. The van der Waals surface area contributed by atoms with Gasteiger partial charge < -0.3 is 92.2 Å². The number of phenolic OH excluding ortho intramolecular Hbond substituents is 2. The van der Waals surface area contributed by atoms with E-state index in [1.54, 1.807) is 37.4 Å². The summed E-state index contributed by atoms with van der Waals surface area (Å²) in [5.74, 6) is 2.58. The SMILES string of the molecule is C1CCOC1.COc1[c-]c(F)cc(OC)c1.COc1cc(F)c(Br)c(OC)c1.COc1cc(F)c(C2(O)CCCCC2)c(OC)c1.COc1cc(F)c(C2CCCCC2)c(OC)c1.COc1cc(F)cc(OC)c1.ClC(Cl)Cl.ClCCl.O=C1CCCCC1.Oc1cc(O)c(C2CCCCC2)c(F)c1.[B]=NS.[Cl-].[Cl-].[Li+].[Mg+2]. The zero-order valence-electron chi connectivity index (χ0n) is 64.1. The largest absolute Gasteiger partial charge is 2.00 e. The predicted molar refractivity (Wildman–Crippen MR) is 421 cm³/mol. The number of alkyl halides is 5. The fourth-order valence-electron chi connectivity index (χ4n) is 11.5. The molecule has 0 bridgehead atoms. The number of carbonyl (C=O) groups is 1. The van der Waals surface area contributed by atoms with E-state index in [1.165, 1.54) is 151 Å². The Labute approximate surface area is 726 Å². The predicted octanol–water partition coefficient (Wildman–Crippen LogP) is 12.8. The Bertz CT molecular complexity index is 3320. The third kappa shape index (κ3) is 44.9. The second kappa shape index (κ2) is 66.3. The maximum atomic E-state index is 14.2. The van der Waals surface area contributed by atoms with Crippen LogP contribution in [0.3, 0.4) is 0 Å². The van der Waals surface area contributed by atoms with Crippen LogP contribution in [0.25, 0.3) is 0 Å². The number of phenols is 2. The van der Waals surface area contributed by atoms with Crippen molar-refractivity contribution in [2.24, 2.45) is 4.30 Å². The molecular weight excluding hydrogens is 1680 g/mol. The molecule has 6 aromatic carbocycles. The van der Waals surface area contributed by atoms with Crippen LogP contribution in [0.1, 0.15) is 170 Å². The number of hydrogen-bond acceptors (Lipinski definition) is 17. The maximum Gasteiger partial charge on any atom is 2.00 e. The summed E-state index contributed by atoms with van der Waals surface area (Å²) >= 11 is 30.2. The standard InChI is InChI=1S/C14H19FO3.C14H19FO2.C12H15FO2.C8H8BrFO2.C8H9FO2.C8H8FO2.C6H10O.C4H8O.CHCl3.CH2Cl2.BHNS.2ClH.Li.Mg/c1-17-10-8-11(15)13(12(9-10)18-2)14(16)6-4-3-5-7-14;1-16-11-8-12(15)14(13(9-11)17-2)10-6-4-3-5-7-10;13-10-6-9(14)7-11(15)12(10)8-4-2-1-3-5-8;1-11-5-3-6(10)8(9)7(4-5)12-2;2*1-10-7-3-6(9)4-8(5-7)11-2;7-6-4-2-1-3-5-6;1-2-4-5-3-1;2-1(3)4;2-1-3;1-2-3;;;;/h8-9,16H,3-7H2,1-2H3;8-10H,3-7H2,1-2H3;6-8,14-15H,1-5H2;3-4H,1-2H3;3-5H,1-2H3;3,5H,1-2H3;1-5H2;1-4H2;1H;1H2;3H;2*1H;;/q;;;;;-1;;;;;;;;+1;+2/p-2. The Kier molecular flexibility index (Phi) is 67.8. The smallest absolute Gasteiger partial charge is 1.00 e. The molecule has 110 heavy (non-hydrogen) atoms. The van der Waals surface area contributed by atoms with Crippen molar-refractivity contribution in [3.05, 3.63) is 141 Å². The number of nitrogens with zero attached hydrogens (tertiary/aromatic N) is 1. The van der Waals surface area contributed by atoms with E-state index in [4.69, 9.17) is 115 Å². The van der Waals surface area contributed by atoms with Crippen molar-refractivity contribution in [3.63, 3.8) is 0 Å². The average molecular weight is 1780 g/mol. The molecule has 1 radical (unpaired) electrons. The van der Waals surface area contributed by atoms with Gasteiger partial charge in [0.15, 0.2) is 4.30 Å². The van der Waals surface area contributed by atoms with Crippen LogP contribution < -0.4 is 91.0 Å². The molecule has 5 fully saturated rings. The first-order chi connectivity index (χ1) is 50.7. The van der Waals surface area contributed by atoms with Crippen LogP contribution in [0.4, 0.5) is 26.3 Å². The second-order valence-corrected chi connectivity index (χ2v) is 27.3. The molecule has 609 valence electrons. The van der Waals surface area contributed by atoms with Gasteiger partial charge in [-0.3, -0.25) is 4.79 Å². The van der Waals surface area contributed by atoms with Gasteiger partial charge in [0.2, 0.25) is 0 Å². The molecule has 5 aliphatic rings. The van der Waals surface area contributed by atoms with Crippen LogP contribution >= 0.6 is 86.7 Å². The normalized spacial score (nSPS) is 14.1. The number of rotatable bonds is 13. The van der Waals surface area contributed by atoms with Gasteiger partial charge in [-0.1, -0.05) is 111 Å². The number of Topliss-reactive ketones (excluding diaryl/α,β-unsaturated/α-hetero) is 1. The quantitative estimate of drug-likeness (QED) is 0.0280. The van der Waals surface area contributed by atoms with Crippen LogP contribution in [0, 0.1) is 41.0 Å². The topological polar surface area (TPSA) is 192 Å². The summed E-state index contributed by atoms with van der Waals surface area (Å²) in [5.41, 5.74) is 0.269. The number of benzene rings is 6. The minimum atomic E-state index is -1.11. The molecule has 16 nitrogen and oxygen atoms in total. The van der Waals surface area contributed by atoms with Crippen LogP contribution in [0.2, 0.25) is 0 Å². The summed E-state index contributed by atoms with van der Waals surface area (Å²) in [6, 6.07) is 20.7. The molecule has 1 aliphatic heterocycles. The van der Waals surface area contributed by atoms with E-state index >= 15 is 0 Å². The Balaban J connectivity index is -0.000000580. The molecule has 0 atom stereocenters. The third-order valence-corrected chi connectivity index (χ3v) is 17.3. The van der Waals surface area contributed by atoms with Crippen molar-refractivity contribution < 1.29 is 142 Å². The molecule has 0 amide bonds. The van der Waals surface area contributed by atoms with E-state index in [-0.39, 0.29) is 107 Å². The summed E-state index contributed by atoms with van der Waals surface area (Å²) in [7, 11) is 19.2. The minimum Gasteiger partial charge on any atom is -1.00 e. The molecule has 11 rings (SSSR count). The van der Waals surface area contributed by atoms with Crippen molar-refractivity contribution in [1.29, 1.82) is 0 Å². The Morgan fingerprint density at radius 2 is 0.900 bits per heavy atom. The molecule has 0 unspecified atom stereocenters. The number of aliphatic hydroxyl groups is 1. The molecule has 4 aliphatic carbocycles. The molecule has 1 saturated heterocycles. The number of aromatic hydroxyl groups is 2. The third-order valence-electron chi connectivity index (χ3n) is 16.5. The summed E-state index contributed by atoms with van der Waals surface area (Å²) < 4.78 is 137. The van der Waals surface area contributed by atoms with Crippen molar-refractivity contribution in [2.45, 2.75) is 163 Å². The zero-order chi connectivity index (χ0) is 79.6. The Hall–Kier alpha value is -3.82. The van der Waals surface area contributed by atoms with E-state index in [0.717, 1.165) is 108 Å². The molecule has 0 spiro atoms. The molecular formula is C76H100BBrCl7F6LiMgNO15S. The van der Waals surface area contributed by atoms with Gasteiger partial charge in [-0.05, 0) is 92.0 Å². The summed E-state index contributed by atoms with van der Waals surface area (Å²) in [6.07, 6.45) is 22.8. The Morgan fingerprint density at radius 3 is 1.29 bits per heavy atom. The van der Waals surface area contributed by atoms with Gasteiger partial charge in [0, 0.05) is 121 Å². The number of hydrogen-bond donors (Lipinski definition) is 4. The number of carbonyl (C=O) groups excluding carboxylic acids is 1. The molecule has 4 saturated carbocycles. The first-order valence-electron chi connectivity index (χ1n) is 33.9. The van der Waals surface area contributed by atoms with Crippen molar-refractivity contribution in [2.75, 3.05) is 89.7 Å². The first-order valence-corrected chi connectivity index (χ1v) is 37.5. The second-order valence-electron chi connectivity index (χ2n) is 23.5. The fraction of sp³-hybridized carbons (Fsp3) is 0.513. The van der Waals surface area contributed by atoms with E-state index in [0.29, 0.717) is 92.1 Å². The molecule has 3 N–H and O–H groups in total. The van der Waals surface area contributed by atoms with E-state index in [1.807, 2.05) is 0 Å². The maximum absolute atomic E-state index is 14.2. The van der Waals surface area contributed by atoms with Crippen LogP contribution in [-0.2, 0) is 15.1 Å². The minimum absolute atomic E-state index is 0. The van der Waals surface area contributed by atoms with E-state index in [2.05, 4.69) is 46.8 Å². The number of thiol groups is 1. The average Bonchev–Trinajstić information content (AvgIpc) is 0.906. The summed E-state index contributed by atoms with van der Waals surface area (Å²) in [4.78, 5) is 10.5. The molecule has 6 aromatic rings. The number of ether oxygens (including phenoxy) is 11. The van der Waals surface area contributed by atoms with Crippen LogP contribution in [0.5, 0.6) is 69.0 Å². The zero-order valence-corrected chi connectivity index (χ0v) is 73.3. The van der Waals surface area contributed by atoms with Crippen molar-refractivity contribution in [1.82, 2.24) is 0 Å². The van der Waals surface area contributed by atoms with Gasteiger partial charge in [0.25, 0.3) is 0 Å². The van der Waals surface area contributed by atoms with Crippen LogP contribution in [0.15, 0.2) is 87.6 Å². The van der Waals surface area contributed by atoms with Gasteiger partial charge >= 0.3 is 66.7 Å². The first kappa shape index (κ1) is 113. The summed E-state index contributed by atoms with van der Waals surface area (Å²) in [5, 5.41) is 29.6. The van der Waals surface area contributed by atoms with Gasteiger partial charge in [-0.15, -0.1) is 29.3 Å². The van der Waals surface area contributed by atoms with Gasteiger partial charge in [-0.2, -0.15) is 0 Å². The molecule has 34 heteroatoms. The number of ketones is 1. The molecule has 1 heterocycles. The fourth-order valence-corrected chi connectivity index (χ4v) is 11.8. The Morgan fingerprint density at radius 1 is 0.527 bits per heavy atom. The van der Waals surface area contributed by atoms with Gasteiger partial charge in [-0.25, -0.2) is 26.3 Å². The van der Waals surface area contributed by atoms with E-state index < -0.39 is 33.2 Å². The number of methoxy groups -OCH3 is 10. The monoisotopic (exact) mass is 1780 g/mol. The van der Waals surface area contributed by atoms with Crippen molar-refractivity contribution >= 4 is 123 Å². The summed E-state index contributed by atoms with van der Waals surface area (Å²) in [6.45, 7) is 2.00. The van der Waals surface area contributed by atoms with Crippen LogP contribution in [-0.4, -0.2) is 146 Å².